The lowest BCUT2D eigenvalue weighted by Gasteiger charge is -2.43. The average molecular weight is 510 g/mol. The highest BCUT2D eigenvalue weighted by Crippen LogP contribution is 2.47. The number of piperazine rings is 1. The molecule has 2 aliphatic rings. The van der Waals surface area contributed by atoms with Gasteiger partial charge in [0.1, 0.15) is 5.82 Å². The molecule has 0 saturated carbocycles. The highest BCUT2D eigenvalue weighted by Gasteiger charge is 2.45. The Bertz CT molecular complexity index is 1270. The third-order valence-corrected chi connectivity index (χ3v) is 8.00. The number of hydrogen-bond donors (Lipinski definition) is 0. The second kappa shape index (κ2) is 9.81. The molecule has 5 rings (SSSR count). The van der Waals surface area contributed by atoms with Crippen LogP contribution in [0.25, 0.3) is 0 Å². The van der Waals surface area contributed by atoms with E-state index in [1.54, 1.807) is 36.2 Å². The molecular formula is C27H28FN3O4S. The van der Waals surface area contributed by atoms with Crippen LogP contribution in [0.2, 0.25) is 0 Å². The van der Waals surface area contributed by atoms with Crippen molar-refractivity contribution in [3.63, 3.8) is 0 Å². The molecule has 0 spiro atoms. The summed E-state index contributed by atoms with van der Waals surface area (Å²) in [4.78, 5) is 34.0. The fraction of sp³-hybridized carbons (Fsp3) is 0.333. The maximum atomic E-state index is 14.3. The van der Waals surface area contributed by atoms with Crippen LogP contribution in [0.5, 0.6) is 11.5 Å². The van der Waals surface area contributed by atoms with Crippen LogP contribution in [0.3, 0.4) is 0 Å². The first kappa shape index (κ1) is 24.1. The number of halogens is 1. The first-order chi connectivity index (χ1) is 17.4. The number of hydrogen-bond acceptors (Lipinski definition) is 6. The zero-order chi connectivity index (χ0) is 25.4. The zero-order valence-corrected chi connectivity index (χ0v) is 21.3. The van der Waals surface area contributed by atoms with Gasteiger partial charge in [0.05, 0.1) is 31.9 Å². The average Bonchev–Trinajstić information content (AvgIpc) is 3.44. The Kier molecular flexibility index (Phi) is 6.57. The highest BCUT2D eigenvalue weighted by atomic mass is 32.1. The maximum Gasteiger partial charge on any atom is 0.254 e. The molecule has 2 atom stereocenters. The first-order valence-electron chi connectivity index (χ1n) is 11.8. The Hall–Kier alpha value is -3.59. The summed E-state index contributed by atoms with van der Waals surface area (Å²) in [6.45, 7) is 1.97. The lowest BCUT2D eigenvalue weighted by Crippen LogP contribution is -2.53. The summed E-state index contributed by atoms with van der Waals surface area (Å²) in [5.41, 5.74) is 1.62. The molecular weight excluding hydrogens is 481 g/mol. The Labute approximate surface area is 213 Å². The van der Waals surface area contributed by atoms with E-state index in [-0.39, 0.29) is 17.6 Å². The molecule has 1 aromatic heterocycles. The van der Waals surface area contributed by atoms with Crippen molar-refractivity contribution in [2.75, 3.05) is 52.3 Å². The number of thiophene rings is 1. The van der Waals surface area contributed by atoms with E-state index in [0.29, 0.717) is 54.5 Å². The molecule has 7 nitrogen and oxygen atoms in total. The van der Waals surface area contributed by atoms with Gasteiger partial charge in [-0.05, 0) is 41.3 Å². The number of ether oxygens (including phenoxy) is 2. The van der Waals surface area contributed by atoms with Crippen molar-refractivity contribution in [1.82, 2.24) is 9.80 Å². The Morgan fingerprint density at radius 2 is 1.69 bits per heavy atom. The molecule has 0 aliphatic carbocycles. The van der Waals surface area contributed by atoms with Gasteiger partial charge in [-0.3, -0.25) is 9.59 Å². The first-order valence-corrected chi connectivity index (χ1v) is 12.7. The Morgan fingerprint density at radius 1 is 1.00 bits per heavy atom. The molecule has 3 heterocycles. The van der Waals surface area contributed by atoms with E-state index >= 15 is 0 Å². The van der Waals surface area contributed by atoms with Gasteiger partial charge in [0.25, 0.3) is 5.91 Å². The number of methoxy groups -OCH3 is 2. The van der Waals surface area contributed by atoms with Crippen LogP contribution < -0.4 is 14.4 Å². The standard InChI is InChI=1S/C27H28FN3O4S/c1-29-25(23-9-6-14-36-23)24(17-15-21(34-2)22(35-3)16-18(17)26(29)32)27(33)31-12-10-30(11-13-31)20-8-5-4-7-19(20)28/h4-9,14-16,24-25H,10-13H2,1-3H3. The monoisotopic (exact) mass is 509 g/mol. The third-order valence-electron chi connectivity index (χ3n) is 7.06. The SMILES string of the molecule is COc1cc2c(cc1OC)C(C(=O)N1CCN(c3ccccc3F)CC1)C(c1cccs1)N(C)C2=O. The van der Waals surface area contributed by atoms with E-state index in [4.69, 9.17) is 9.47 Å². The van der Waals surface area contributed by atoms with E-state index in [1.807, 2.05) is 33.4 Å². The Morgan fingerprint density at radius 3 is 2.33 bits per heavy atom. The zero-order valence-electron chi connectivity index (χ0n) is 20.4. The van der Waals surface area contributed by atoms with E-state index in [1.165, 1.54) is 31.6 Å². The summed E-state index contributed by atoms with van der Waals surface area (Å²) in [6, 6.07) is 13.6. The van der Waals surface area contributed by atoms with Crippen molar-refractivity contribution < 1.29 is 23.5 Å². The minimum atomic E-state index is -0.610. The lowest BCUT2D eigenvalue weighted by molar-refractivity contribution is -0.134. The summed E-state index contributed by atoms with van der Waals surface area (Å²) < 4.78 is 25.3. The lowest BCUT2D eigenvalue weighted by atomic mass is 9.81. The van der Waals surface area contributed by atoms with E-state index in [9.17, 15) is 14.0 Å². The van der Waals surface area contributed by atoms with Gasteiger partial charge < -0.3 is 24.2 Å². The molecule has 2 amide bonds. The van der Waals surface area contributed by atoms with Crippen LogP contribution in [0.15, 0.2) is 53.9 Å². The number of para-hydroxylation sites is 1. The van der Waals surface area contributed by atoms with Gasteiger partial charge in [-0.1, -0.05) is 18.2 Å². The molecule has 1 fully saturated rings. The molecule has 188 valence electrons. The van der Waals surface area contributed by atoms with E-state index in [2.05, 4.69) is 0 Å². The molecule has 2 aromatic carbocycles. The number of carbonyl (C=O) groups is 2. The maximum absolute atomic E-state index is 14.3. The minimum absolute atomic E-state index is 0.0607. The summed E-state index contributed by atoms with van der Waals surface area (Å²) in [6.07, 6.45) is 0. The van der Waals surface area contributed by atoms with Crippen LogP contribution in [0.4, 0.5) is 10.1 Å². The van der Waals surface area contributed by atoms with Gasteiger partial charge >= 0.3 is 0 Å². The van der Waals surface area contributed by atoms with Crippen molar-refractivity contribution in [2.24, 2.45) is 0 Å². The normalized spacial score (nSPS) is 19.8. The number of fused-ring (bicyclic) bond motifs is 1. The van der Waals surface area contributed by atoms with Crippen LogP contribution in [-0.2, 0) is 4.79 Å². The molecule has 0 radical (unpaired) electrons. The predicted molar refractivity (Wildman–Crippen MR) is 137 cm³/mol. The third kappa shape index (κ3) is 4.07. The van der Waals surface area contributed by atoms with Crippen molar-refractivity contribution in [2.45, 2.75) is 12.0 Å². The molecule has 2 aliphatic heterocycles. The number of carbonyl (C=O) groups excluding carboxylic acids is 2. The number of benzene rings is 2. The van der Waals surface area contributed by atoms with Gasteiger partial charge in [-0.2, -0.15) is 0 Å². The second-order valence-electron chi connectivity index (χ2n) is 8.91. The van der Waals surface area contributed by atoms with Crippen LogP contribution in [0.1, 0.15) is 32.8 Å². The summed E-state index contributed by atoms with van der Waals surface area (Å²) in [5, 5.41) is 1.95. The Balaban J connectivity index is 1.51. The fourth-order valence-corrected chi connectivity index (χ4v) is 6.11. The second-order valence-corrected chi connectivity index (χ2v) is 9.89. The summed E-state index contributed by atoms with van der Waals surface area (Å²) >= 11 is 1.52. The quantitative estimate of drug-likeness (QED) is 0.517. The molecule has 36 heavy (non-hydrogen) atoms. The van der Waals surface area contributed by atoms with Crippen molar-refractivity contribution in [3.05, 3.63) is 75.7 Å². The molecule has 0 bridgehead atoms. The van der Waals surface area contributed by atoms with E-state index < -0.39 is 12.0 Å². The van der Waals surface area contributed by atoms with Gasteiger partial charge in [0.15, 0.2) is 11.5 Å². The van der Waals surface area contributed by atoms with Crippen molar-refractivity contribution >= 4 is 28.8 Å². The smallest absolute Gasteiger partial charge is 0.254 e. The van der Waals surface area contributed by atoms with Gasteiger partial charge in [-0.25, -0.2) is 4.39 Å². The van der Waals surface area contributed by atoms with Crippen LogP contribution in [-0.4, -0.2) is 69.1 Å². The van der Waals surface area contributed by atoms with Crippen LogP contribution in [0, 0.1) is 5.82 Å². The van der Waals surface area contributed by atoms with Gasteiger partial charge in [0, 0.05) is 43.7 Å². The van der Waals surface area contributed by atoms with Crippen molar-refractivity contribution in [1.29, 1.82) is 0 Å². The van der Waals surface area contributed by atoms with Gasteiger partial charge in [0.2, 0.25) is 5.91 Å². The minimum Gasteiger partial charge on any atom is -0.493 e. The number of anilines is 1. The van der Waals surface area contributed by atoms with Crippen LogP contribution >= 0.6 is 11.3 Å². The molecule has 1 saturated heterocycles. The number of nitrogens with zero attached hydrogens (tertiary/aromatic N) is 3. The summed E-state index contributed by atoms with van der Waals surface area (Å²) in [5.74, 6) is -0.191. The number of likely N-dealkylation sites (N-methyl/N-ethyl adjacent to an activating group) is 1. The largest absolute Gasteiger partial charge is 0.493 e. The van der Waals surface area contributed by atoms with E-state index in [0.717, 1.165) is 4.88 Å². The fourth-order valence-electron chi connectivity index (χ4n) is 5.20. The topological polar surface area (TPSA) is 62.3 Å². The van der Waals surface area contributed by atoms with Crippen molar-refractivity contribution in [3.8, 4) is 11.5 Å². The number of amides is 2. The predicted octanol–water partition coefficient (Wildman–Crippen LogP) is 4.16. The van der Waals surface area contributed by atoms with Gasteiger partial charge in [-0.15, -0.1) is 11.3 Å². The highest BCUT2D eigenvalue weighted by molar-refractivity contribution is 7.10. The molecule has 2 unspecified atom stereocenters. The molecule has 3 aromatic rings. The number of rotatable bonds is 5. The molecule has 0 N–H and O–H groups in total. The summed E-state index contributed by atoms with van der Waals surface area (Å²) in [7, 11) is 4.80. The molecule has 9 heteroatoms.